The highest BCUT2D eigenvalue weighted by Gasteiger charge is 2.53. The van der Waals surface area contributed by atoms with Crippen LogP contribution < -0.4 is 15.1 Å². The van der Waals surface area contributed by atoms with E-state index in [1.54, 1.807) is 65.9 Å². The van der Waals surface area contributed by atoms with E-state index in [0.29, 0.717) is 106 Å². The molecule has 0 aromatic carbocycles. The summed E-state index contributed by atoms with van der Waals surface area (Å²) in [5.41, 5.74) is 2.43. The number of aliphatic hydroxyl groups is 2. The van der Waals surface area contributed by atoms with Gasteiger partial charge in [-0.1, -0.05) is 71.1 Å². The number of methoxy groups -OCH3 is 3. The molecule has 0 unspecified atom stereocenters. The van der Waals surface area contributed by atoms with Gasteiger partial charge in [0, 0.05) is 161 Å². The Morgan fingerprint density at radius 3 is 1.99 bits per heavy atom. The van der Waals surface area contributed by atoms with Crippen LogP contribution in [0.1, 0.15) is 148 Å². The third-order valence-electron chi connectivity index (χ3n) is 21.3. The van der Waals surface area contributed by atoms with Crippen LogP contribution in [0, 0.1) is 35.5 Å². The smallest absolute Gasteiger partial charge is 0.407 e. The summed E-state index contributed by atoms with van der Waals surface area (Å²) in [6.07, 6.45) is 16.1. The van der Waals surface area contributed by atoms with Crippen molar-refractivity contribution in [2.75, 3.05) is 116 Å². The number of nitrogens with one attached hydrogen (secondary N) is 1. The molecule has 6 aliphatic rings. The molecule has 26 heteroatoms. The first-order valence-corrected chi connectivity index (χ1v) is 36.5. The maximum Gasteiger partial charge on any atom is 0.407 e. The summed E-state index contributed by atoms with van der Waals surface area (Å²) in [5.74, 6) is -7.36. The number of amides is 2. The molecule has 2 amide bonds. The molecule has 1 aliphatic carbocycles. The second kappa shape index (κ2) is 38.7. The Morgan fingerprint density at radius 2 is 1.38 bits per heavy atom. The predicted octanol–water partition coefficient (Wildman–Crippen LogP) is 6.86. The Balaban J connectivity index is 0.846. The van der Waals surface area contributed by atoms with Crippen molar-refractivity contribution in [1.29, 1.82) is 0 Å². The number of hydrogen-bond acceptors (Lipinski definition) is 24. The first-order chi connectivity index (χ1) is 48.4. The number of aliphatic hydroxyl groups excluding tert-OH is 1. The van der Waals surface area contributed by atoms with Gasteiger partial charge in [-0.15, -0.1) is 0 Å². The molecule has 5 aliphatic heterocycles. The molecule has 15 atom stereocenters. The third-order valence-corrected chi connectivity index (χ3v) is 21.3. The van der Waals surface area contributed by atoms with E-state index in [9.17, 15) is 43.8 Å². The number of nitrogens with zero attached hydrogens (tertiary/aromatic N) is 9. The molecule has 0 radical (unpaired) electrons. The lowest BCUT2D eigenvalue weighted by molar-refractivity contribution is -0.265. The van der Waals surface area contributed by atoms with Crippen molar-refractivity contribution in [3.63, 3.8) is 0 Å². The van der Waals surface area contributed by atoms with Crippen LogP contribution in [-0.4, -0.2) is 247 Å². The van der Waals surface area contributed by atoms with Gasteiger partial charge in [0.25, 0.3) is 11.7 Å². The van der Waals surface area contributed by atoms with Crippen molar-refractivity contribution in [3.8, 4) is 0 Å². The monoisotopic (exact) mass is 1410 g/mol. The fraction of sp³-hybridized carbons (Fsp3) is 0.693. The van der Waals surface area contributed by atoms with Crippen LogP contribution >= 0.6 is 0 Å². The van der Waals surface area contributed by atoms with Crippen molar-refractivity contribution >= 4 is 53.0 Å². The van der Waals surface area contributed by atoms with Crippen molar-refractivity contribution in [2.24, 2.45) is 35.5 Å². The molecule has 558 valence electrons. The van der Waals surface area contributed by atoms with E-state index in [0.717, 1.165) is 71.0 Å². The van der Waals surface area contributed by atoms with E-state index in [2.05, 4.69) is 44.9 Å². The number of allylic oxidation sites excluding steroid dienone is 6. The lowest BCUT2D eigenvalue weighted by atomic mass is 9.78. The van der Waals surface area contributed by atoms with Crippen LogP contribution in [0.15, 0.2) is 72.4 Å². The number of carbonyl (C=O) groups is 7. The predicted molar refractivity (Wildman–Crippen MR) is 378 cm³/mol. The number of piperidine rings is 1. The number of hydrogen-bond donors (Lipinski definition) is 3. The summed E-state index contributed by atoms with van der Waals surface area (Å²) < 4.78 is 42.2. The molecule has 3 N–H and O–H groups in total. The highest BCUT2D eigenvalue weighted by molar-refractivity contribution is 6.39. The van der Waals surface area contributed by atoms with E-state index < -0.39 is 102 Å². The number of rotatable bonds is 18. The molecular formula is C75H112N10O16. The Morgan fingerprint density at radius 1 is 0.733 bits per heavy atom. The standard InChI is InChI=1S/C75H112N10O16/c1-48-17-13-12-14-18-49(2)63(95-9)41-59-22-20-54(7)75(94,101-59)69(90)70(91)85-24-16-15-19-60(85)71(92)99-64(42-61(87)50(3)38-53(6)67(89)68(97-11)66(88)52(5)37-48)51(4)39-56-21-23-62(65(40-56)96-10)100-74(93)80-45-57-43-76-72(77-44-57)83-29-25-81(26-30-83)33-35-98-36-34-82-27-31-84(32-28-82)73-78-46-58(47-79-73)55(8)86/h12-14,17-18,38,43-44,46-48,50-52,54,56,59-60,62-65,67-68,89,94H,15-16,19-37,39-42,45H2,1-11H3,(H,80,93)/b14-12+,17-13+,49-18+,53-38+/t48-,50-,51-,52-,54-,56+,59+,60+,62-,63+,64+,65-,67-,68+,75-/m1/s1. The number of aromatic nitrogens is 4. The van der Waals surface area contributed by atoms with Crippen LogP contribution in [0.3, 0.4) is 0 Å². The number of fused-ring (bicyclic) bond motifs is 3. The first-order valence-electron chi connectivity index (χ1n) is 36.5. The number of Topliss-reactive ketones (excluding diaryl/α,β-unsaturated/α-hetero) is 4. The van der Waals surface area contributed by atoms with Crippen molar-refractivity contribution in [2.45, 2.75) is 194 Å². The lowest BCUT2D eigenvalue weighted by Crippen LogP contribution is -2.61. The maximum absolute atomic E-state index is 14.8. The number of carbonyl (C=O) groups excluding carboxylic acids is 7. The Hall–Kier alpha value is -6.75. The largest absolute Gasteiger partial charge is 0.460 e. The first kappa shape index (κ1) is 79.9. The van der Waals surface area contributed by atoms with Crippen LogP contribution in [0.5, 0.6) is 0 Å². The number of alkyl carbamates (subject to hydrolysis) is 1. The lowest BCUT2D eigenvalue weighted by Gasteiger charge is -2.42. The summed E-state index contributed by atoms with van der Waals surface area (Å²) in [7, 11) is 4.51. The minimum absolute atomic E-state index is 0.0121. The number of anilines is 2. The minimum atomic E-state index is -2.48. The zero-order valence-electron chi connectivity index (χ0n) is 61.4. The van der Waals surface area contributed by atoms with Crippen molar-refractivity contribution in [3.05, 3.63) is 83.5 Å². The van der Waals surface area contributed by atoms with Gasteiger partial charge in [0.15, 0.2) is 11.6 Å². The van der Waals surface area contributed by atoms with Crippen LogP contribution in [0.4, 0.5) is 16.7 Å². The average Bonchev–Trinajstić information content (AvgIpc) is 0.779. The molecule has 2 aromatic heterocycles. The normalized spacial score (nSPS) is 32.3. The number of piperazine rings is 2. The second-order valence-corrected chi connectivity index (χ2v) is 28.8. The van der Waals surface area contributed by atoms with Crippen LogP contribution in [-0.2, 0) is 63.7 Å². The Kier molecular flexibility index (Phi) is 30.6. The second-order valence-electron chi connectivity index (χ2n) is 28.8. The van der Waals surface area contributed by atoms with Gasteiger partial charge in [0.2, 0.25) is 17.7 Å². The molecule has 101 heavy (non-hydrogen) atoms. The van der Waals surface area contributed by atoms with Crippen molar-refractivity contribution in [1.82, 2.24) is 40.0 Å². The van der Waals surface area contributed by atoms with E-state index >= 15 is 0 Å². The summed E-state index contributed by atoms with van der Waals surface area (Å²) in [5, 5.41) is 26.6. The highest BCUT2D eigenvalue weighted by Crippen LogP contribution is 2.38. The van der Waals surface area contributed by atoms with Gasteiger partial charge in [0.05, 0.1) is 37.1 Å². The average molecular weight is 1410 g/mol. The Bertz CT molecular complexity index is 3190. The molecule has 1 saturated carbocycles. The van der Waals surface area contributed by atoms with Gasteiger partial charge >= 0.3 is 12.1 Å². The summed E-state index contributed by atoms with van der Waals surface area (Å²) in [4.78, 5) is 125. The highest BCUT2D eigenvalue weighted by atomic mass is 16.6. The number of ketones is 4. The van der Waals surface area contributed by atoms with Gasteiger partial charge in [-0.3, -0.25) is 33.8 Å². The molecule has 2 aromatic rings. The minimum Gasteiger partial charge on any atom is -0.460 e. The van der Waals surface area contributed by atoms with E-state index in [-0.39, 0.29) is 55.1 Å². The molecule has 7 heterocycles. The van der Waals surface area contributed by atoms with E-state index in [4.69, 9.17) is 33.2 Å². The zero-order valence-corrected chi connectivity index (χ0v) is 61.4. The summed E-state index contributed by atoms with van der Waals surface area (Å²) in [6.45, 7) is 23.9. The van der Waals surface area contributed by atoms with Gasteiger partial charge in [-0.25, -0.2) is 29.5 Å². The van der Waals surface area contributed by atoms with Gasteiger partial charge in [-0.2, -0.15) is 0 Å². The fourth-order valence-electron chi connectivity index (χ4n) is 14.7. The Labute approximate surface area is 596 Å². The quantitative estimate of drug-likeness (QED) is 0.0451. The number of cyclic esters (lactones) is 1. The summed E-state index contributed by atoms with van der Waals surface area (Å²) >= 11 is 0. The third kappa shape index (κ3) is 22.4. The van der Waals surface area contributed by atoms with Gasteiger partial charge in [-0.05, 0) is 114 Å². The van der Waals surface area contributed by atoms with Gasteiger partial charge < -0.3 is 63.4 Å². The fourth-order valence-corrected chi connectivity index (χ4v) is 14.7. The van der Waals surface area contributed by atoms with Crippen LogP contribution in [0.25, 0.3) is 0 Å². The van der Waals surface area contributed by atoms with Crippen LogP contribution in [0.2, 0.25) is 0 Å². The SMILES string of the molecule is CO[C@H]1C[C@@H]2CC[C@@H](C)[C@@](O)(O2)C(=O)C(=O)N2CCCC[C@H]2C(=O)O[C@H]([C@H](C)C[C@@H]2CC[C@@H](OC(=O)NCc3cnc(N4CCN(CCOCCN5CCN(c6ncc(C(C)=O)cn6)CC5)CC4)nc3)[C@H](OC)C2)CC(=O)[C@H](C)/C=C(\C)[C@@H](O)[C@@H](OC)C(=O)[C@H](C)C[C@H](C)/C=C/C=C/C=C/1C. The van der Waals surface area contributed by atoms with E-state index in [1.165, 1.54) is 18.9 Å². The summed E-state index contributed by atoms with van der Waals surface area (Å²) in [6, 6.07) is -1.20. The zero-order chi connectivity index (χ0) is 72.9. The van der Waals surface area contributed by atoms with Gasteiger partial charge in [0.1, 0.15) is 36.2 Å². The molecule has 2 bridgehead atoms. The topological polar surface area (TPSA) is 304 Å². The molecular weight excluding hydrogens is 1300 g/mol. The van der Waals surface area contributed by atoms with E-state index in [1.807, 2.05) is 58.1 Å². The molecule has 0 spiro atoms. The van der Waals surface area contributed by atoms with Crippen molar-refractivity contribution < 1.29 is 76.9 Å². The maximum atomic E-state index is 14.8. The molecule has 26 nitrogen and oxygen atoms in total. The number of ether oxygens (including phenoxy) is 7. The molecule has 4 saturated heterocycles. The number of esters is 1. The molecule has 5 fully saturated rings. The molecule has 8 rings (SSSR count).